The summed E-state index contributed by atoms with van der Waals surface area (Å²) in [4.78, 5) is 11.9. The molecule has 112 valence electrons. The zero-order valence-corrected chi connectivity index (χ0v) is 12.7. The number of rotatable bonds is 7. The average Bonchev–Trinajstić information content (AvgIpc) is 3.01. The molecule has 21 heavy (non-hydrogen) atoms. The molecule has 2 aromatic rings. The molecule has 1 N–H and O–H groups in total. The summed E-state index contributed by atoms with van der Waals surface area (Å²) in [6.45, 7) is 5.16. The van der Waals surface area contributed by atoms with Crippen LogP contribution in [0.4, 0.5) is 0 Å². The van der Waals surface area contributed by atoms with Crippen molar-refractivity contribution in [3.63, 3.8) is 0 Å². The predicted molar refractivity (Wildman–Crippen MR) is 80.5 cm³/mol. The molecule has 4 nitrogen and oxygen atoms in total. The van der Waals surface area contributed by atoms with E-state index in [-0.39, 0.29) is 5.91 Å². The molecule has 0 aliphatic heterocycles. The van der Waals surface area contributed by atoms with E-state index in [0.717, 1.165) is 18.6 Å². The molecule has 4 heteroatoms. The number of hydrogen-bond donors (Lipinski definition) is 1. The molecule has 0 spiro atoms. The second kappa shape index (κ2) is 7.62. The third-order valence-corrected chi connectivity index (χ3v) is 3.74. The lowest BCUT2D eigenvalue weighted by atomic mass is 9.95. The molecule has 0 fully saturated rings. The summed E-state index contributed by atoms with van der Waals surface area (Å²) >= 11 is 0. The van der Waals surface area contributed by atoms with Crippen molar-refractivity contribution in [1.29, 1.82) is 0 Å². The number of furan rings is 1. The lowest BCUT2D eigenvalue weighted by Crippen LogP contribution is -2.42. The summed E-state index contributed by atoms with van der Waals surface area (Å²) in [5.74, 6) is 1.34. The first-order chi connectivity index (χ1) is 10.2. The summed E-state index contributed by atoms with van der Waals surface area (Å²) in [6, 6.07) is 7.87. The molecular weight excluding hydrogens is 264 g/mol. The normalized spacial score (nSPS) is 10.8. The zero-order valence-electron chi connectivity index (χ0n) is 12.7. The Labute approximate surface area is 125 Å². The molecule has 0 aromatic carbocycles. The molecule has 0 aliphatic carbocycles. The number of nitrogens with zero attached hydrogens (tertiary/aromatic N) is 1. The number of carbonyl (C=O) groups excluding carboxylic acids is 1. The van der Waals surface area contributed by atoms with Gasteiger partial charge in [-0.1, -0.05) is 13.8 Å². The van der Waals surface area contributed by atoms with Crippen LogP contribution in [-0.4, -0.2) is 5.91 Å². The van der Waals surface area contributed by atoms with Gasteiger partial charge in [0.1, 0.15) is 5.76 Å². The Morgan fingerprint density at radius 3 is 2.52 bits per heavy atom. The number of nitrogens with one attached hydrogen (secondary N) is 1. The summed E-state index contributed by atoms with van der Waals surface area (Å²) < 4.78 is 7.07. The molecule has 0 unspecified atom stereocenters. The summed E-state index contributed by atoms with van der Waals surface area (Å²) in [5.41, 5.74) is 1.34. The van der Waals surface area contributed by atoms with E-state index in [1.807, 2.05) is 29.1 Å². The van der Waals surface area contributed by atoms with E-state index in [9.17, 15) is 4.79 Å². The molecule has 1 amide bonds. The number of hydrogen-bond acceptors (Lipinski definition) is 2. The molecule has 2 rings (SSSR count). The monoisotopic (exact) mass is 287 g/mol. The highest BCUT2D eigenvalue weighted by molar-refractivity contribution is 5.74. The van der Waals surface area contributed by atoms with E-state index >= 15 is 0 Å². The van der Waals surface area contributed by atoms with Crippen LogP contribution in [-0.2, 0) is 17.9 Å². The Bertz CT molecular complexity index is 543. The van der Waals surface area contributed by atoms with Gasteiger partial charge in [-0.3, -0.25) is 4.79 Å². The van der Waals surface area contributed by atoms with E-state index in [2.05, 4.69) is 31.3 Å². The maximum atomic E-state index is 11.9. The molecule has 0 bridgehead atoms. The third kappa shape index (κ3) is 4.45. The quantitative estimate of drug-likeness (QED) is 0.796. The maximum absolute atomic E-state index is 11.9. The van der Waals surface area contributed by atoms with Gasteiger partial charge in [0.2, 0.25) is 6.54 Å². The minimum Gasteiger partial charge on any atom is -0.467 e. The van der Waals surface area contributed by atoms with Gasteiger partial charge in [0.15, 0.2) is 12.4 Å². The van der Waals surface area contributed by atoms with Gasteiger partial charge < -0.3 is 9.73 Å². The standard InChI is InChI=1S/C17H22N2O2/c1-3-14(4-2)15-7-9-19(10-8-15)13-17(20)18-12-16-6-5-11-21-16/h5-11,14H,3-4,12-13H2,1-2H3/p+1. The average molecular weight is 287 g/mol. The van der Waals surface area contributed by atoms with Gasteiger partial charge in [0, 0.05) is 12.1 Å². The van der Waals surface area contributed by atoms with Gasteiger partial charge in [-0.15, -0.1) is 0 Å². The van der Waals surface area contributed by atoms with Crippen LogP contribution in [0, 0.1) is 0 Å². The van der Waals surface area contributed by atoms with Crippen molar-refractivity contribution in [2.45, 2.75) is 45.7 Å². The van der Waals surface area contributed by atoms with Crippen molar-refractivity contribution in [3.8, 4) is 0 Å². The van der Waals surface area contributed by atoms with E-state index in [4.69, 9.17) is 4.42 Å². The SMILES string of the molecule is CCC(CC)c1cc[n+](CC(=O)NCc2ccco2)cc1. The fourth-order valence-electron chi connectivity index (χ4n) is 2.43. The number of pyridine rings is 1. The largest absolute Gasteiger partial charge is 0.467 e. The minimum atomic E-state index is -0.0216. The van der Waals surface area contributed by atoms with Gasteiger partial charge in [0.05, 0.1) is 12.8 Å². The Hall–Kier alpha value is -2.10. The lowest BCUT2D eigenvalue weighted by Gasteiger charge is -2.11. The highest BCUT2D eigenvalue weighted by Crippen LogP contribution is 2.21. The molecule has 0 saturated carbocycles. The Balaban J connectivity index is 1.86. The first kappa shape index (κ1) is 15.3. The van der Waals surface area contributed by atoms with Crippen LogP contribution >= 0.6 is 0 Å². The number of amides is 1. The zero-order chi connectivity index (χ0) is 15.1. The molecule has 2 aromatic heterocycles. The molecular formula is C17H23N2O2+. The van der Waals surface area contributed by atoms with Crippen molar-refractivity contribution >= 4 is 5.91 Å². The van der Waals surface area contributed by atoms with Crippen LogP contribution in [0.15, 0.2) is 47.3 Å². The second-order valence-corrected chi connectivity index (χ2v) is 5.17. The molecule has 2 heterocycles. The Morgan fingerprint density at radius 2 is 1.95 bits per heavy atom. The Morgan fingerprint density at radius 1 is 1.24 bits per heavy atom. The first-order valence-corrected chi connectivity index (χ1v) is 7.51. The predicted octanol–water partition coefficient (Wildman–Crippen LogP) is 2.79. The summed E-state index contributed by atoms with van der Waals surface area (Å²) in [5, 5.41) is 2.84. The van der Waals surface area contributed by atoms with Crippen LogP contribution < -0.4 is 9.88 Å². The first-order valence-electron chi connectivity index (χ1n) is 7.51. The van der Waals surface area contributed by atoms with Crippen LogP contribution in [0.5, 0.6) is 0 Å². The van der Waals surface area contributed by atoms with E-state index < -0.39 is 0 Å². The van der Waals surface area contributed by atoms with Crippen molar-refractivity contribution in [2.24, 2.45) is 0 Å². The molecule has 0 atom stereocenters. The third-order valence-electron chi connectivity index (χ3n) is 3.74. The fourth-order valence-corrected chi connectivity index (χ4v) is 2.43. The van der Waals surface area contributed by atoms with Gasteiger partial charge >= 0.3 is 0 Å². The van der Waals surface area contributed by atoms with Crippen molar-refractivity contribution in [2.75, 3.05) is 0 Å². The van der Waals surface area contributed by atoms with Crippen molar-refractivity contribution in [3.05, 3.63) is 54.2 Å². The number of aromatic nitrogens is 1. The van der Waals surface area contributed by atoms with E-state index in [1.54, 1.807) is 6.26 Å². The van der Waals surface area contributed by atoms with Gasteiger partial charge in [0.25, 0.3) is 5.91 Å². The summed E-state index contributed by atoms with van der Waals surface area (Å²) in [7, 11) is 0. The van der Waals surface area contributed by atoms with E-state index in [0.29, 0.717) is 19.0 Å². The second-order valence-electron chi connectivity index (χ2n) is 5.17. The van der Waals surface area contributed by atoms with E-state index in [1.165, 1.54) is 5.56 Å². The highest BCUT2D eigenvalue weighted by Gasteiger charge is 2.12. The van der Waals surface area contributed by atoms with Crippen LogP contribution in [0.1, 0.15) is 43.9 Å². The molecule has 0 radical (unpaired) electrons. The van der Waals surface area contributed by atoms with Gasteiger partial charge in [-0.05, 0) is 36.5 Å². The fraction of sp³-hybridized carbons (Fsp3) is 0.412. The van der Waals surface area contributed by atoms with Crippen molar-refractivity contribution < 1.29 is 13.8 Å². The van der Waals surface area contributed by atoms with Crippen LogP contribution in [0.3, 0.4) is 0 Å². The summed E-state index contributed by atoms with van der Waals surface area (Å²) in [6.07, 6.45) is 7.83. The maximum Gasteiger partial charge on any atom is 0.286 e. The Kier molecular flexibility index (Phi) is 5.55. The highest BCUT2D eigenvalue weighted by atomic mass is 16.3. The number of carbonyl (C=O) groups is 1. The van der Waals surface area contributed by atoms with Gasteiger partial charge in [-0.25, -0.2) is 0 Å². The van der Waals surface area contributed by atoms with Crippen molar-refractivity contribution in [1.82, 2.24) is 5.32 Å². The molecule has 0 aliphatic rings. The lowest BCUT2D eigenvalue weighted by molar-refractivity contribution is -0.684. The van der Waals surface area contributed by atoms with Crippen LogP contribution in [0.25, 0.3) is 0 Å². The minimum absolute atomic E-state index is 0.0216. The van der Waals surface area contributed by atoms with Gasteiger partial charge in [-0.2, -0.15) is 4.57 Å². The molecule has 0 saturated heterocycles. The smallest absolute Gasteiger partial charge is 0.286 e. The topological polar surface area (TPSA) is 46.1 Å². The van der Waals surface area contributed by atoms with Crippen LogP contribution in [0.2, 0.25) is 0 Å².